The number of carbonyl (C=O) groups is 3. The van der Waals surface area contributed by atoms with Gasteiger partial charge in [-0.25, -0.2) is 4.39 Å². The molecule has 6 nitrogen and oxygen atoms in total. The molecule has 0 bridgehead atoms. The second-order valence-corrected chi connectivity index (χ2v) is 7.79. The molecule has 2 amide bonds. The van der Waals surface area contributed by atoms with Crippen LogP contribution < -0.4 is 10.6 Å². The minimum absolute atomic E-state index is 0.113. The lowest BCUT2D eigenvalue weighted by atomic mass is 10.1. The molecule has 0 saturated carbocycles. The van der Waals surface area contributed by atoms with Crippen molar-refractivity contribution in [1.29, 1.82) is 0 Å². The second-order valence-electron chi connectivity index (χ2n) is 6.74. The highest BCUT2D eigenvalue weighted by Crippen LogP contribution is 2.21. The number of thioether (sulfide) groups is 1. The van der Waals surface area contributed by atoms with E-state index in [0.29, 0.717) is 11.3 Å². The number of halogens is 1. The van der Waals surface area contributed by atoms with Crippen LogP contribution in [0.5, 0.6) is 0 Å². The summed E-state index contributed by atoms with van der Waals surface area (Å²) in [6, 6.07) is 21.2. The van der Waals surface area contributed by atoms with E-state index in [4.69, 9.17) is 0 Å². The number of ether oxygens (including phenoxy) is 1. The molecule has 0 radical (unpaired) electrons. The summed E-state index contributed by atoms with van der Waals surface area (Å²) in [7, 11) is 1.32. The third kappa shape index (κ3) is 7.05. The first-order chi connectivity index (χ1) is 16.0. The number of anilines is 1. The maximum absolute atomic E-state index is 14.2. The van der Waals surface area contributed by atoms with Crippen LogP contribution in [0.4, 0.5) is 10.1 Å². The van der Waals surface area contributed by atoms with E-state index in [1.54, 1.807) is 60.7 Å². The van der Waals surface area contributed by atoms with Gasteiger partial charge in [-0.1, -0.05) is 36.4 Å². The van der Waals surface area contributed by atoms with Crippen LogP contribution >= 0.6 is 11.8 Å². The summed E-state index contributed by atoms with van der Waals surface area (Å²) in [4.78, 5) is 37.7. The predicted octanol–water partition coefficient (Wildman–Crippen LogP) is 4.50. The molecular weight excluding hydrogens is 443 g/mol. The maximum Gasteiger partial charge on any atom is 0.315 e. The number of nitrogens with one attached hydrogen (secondary N) is 2. The zero-order valence-corrected chi connectivity index (χ0v) is 18.5. The van der Waals surface area contributed by atoms with Gasteiger partial charge in [-0.05, 0) is 48.5 Å². The van der Waals surface area contributed by atoms with Crippen molar-refractivity contribution in [2.24, 2.45) is 0 Å². The van der Waals surface area contributed by atoms with E-state index in [-0.39, 0.29) is 23.0 Å². The third-order valence-corrected chi connectivity index (χ3v) is 5.42. The minimum Gasteiger partial charge on any atom is -0.468 e. The Hall–Kier alpha value is -3.91. The van der Waals surface area contributed by atoms with Crippen LogP contribution in [-0.2, 0) is 14.3 Å². The molecule has 0 atom stereocenters. The predicted molar refractivity (Wildman–Crippen MR) is 126 cm³/mol. The fourth-order valence-corrected chi connectivity index (χ4v) is 3.46. The molecule has 0 aromatic heterocycles. The average molecular weight is 465 g/mol. The highest BCUT2D eigenvalue weighted by molar-refractivity contribution is 8.00. The first kappa shape index (κ1) is 23.7. The number of esters is 1. The van der Waals surface area contributed by atoms with E-state index in [9.17, 15) is 18.8 Å². The number of benzene rings is 3. The molecule has 3 rings (SSSR count). The van der Waals surface area contributed by atoms with Crippen molar-refractivity contribution in [3.05, 3.63) is 102 Å². The number of methoxy groups -OCH3 is 1. The van der Waals surface area contributed by atoms with Crippen LogP contribution in [0.15, 0.2) is 89.5 Å². The summed E-state index contributed by atoms with van der Waals surface area (Å²) >= 11 is 1.30. The van der Waals surface area contributed by atoms with Crippen molar-refractivity contribution in [2.75, 3.05) is 18.2 Å². The number of hydrogen-bond acceptors (Lipinski definition) is 5. The zero-order valence-electron chi connectivity index (χ0n) is 17.7. The molecular formula is C25H21FN2O4S. The van der Waals surface area contributed by atoms with Gasteiger partial charge in [-0.3, -0.25) is 14.4 Å². The quantitative estimate of drug-likeness (QED) is 0.291. The topological polar surface area (TPSA) is 84.5 Å². The Morgan fingerprint density at radius 3 is 2.27 bits per heavy atom. The van der Waals surface area contributed by atoms with Gasteiger partial charge in [0.15, 0.2) is 0 Å². The molecule has 33 heavy (non-hydrogen) atoms. The lowest BCUT2D eigenvalue weighted by molar-refractivity contribution is -0.137. The normalized spacial score (nSPS) is 10.9. The zero-order chi connectivity index (χ0) is 23.6. The Morgan fingerprint density at radius 1 is 0.939 bits per heavy atom. The van der Waals surface area contributed by atoms with Gasteiger partial charge in [-0.15, -0.1) is 11.8 Å². The monoisotopic (exact) mass is 464 g/mol. The van der Waals surface area contributed by atoms with Gasteiger partial charge in [0.25, 0.3) is 11.8 Å². The molecule has 0 unspecified atom stereocenters. The summed E-state index contributed by atoms with van der Waals surface area (Å²) in [5.74, 6) is -1.80. The first-order valence-corrected chi connectivity index (χ1v) is 10.9. The van der Waals surface area contributed by atoms with E-state index in [1.807, 2.05) is 0 Å². The van der Waals surface area contributed by atoms with Gasteiger partial charge in [0.05, 0.1) is 12.9 Å². The molecule has 0 fully saturated rings. The standard InChI is InChI=1S/C25H21FN2O4S/c1-32-23(29)16-33-20-13-11-19(12-14-20)27-25(31)22(15-18-9-5-6-10-21(18)26)28-24(30)17-7-3-2-4-8-17/h2-15H,16H2,1H3,(H,27,31)(H,28,30)/b22-15-. The van der Waals surface area contributed by atoms with Crippen LogP contribution in [0.3, 0.4) is 0 Å². The Bertz CT molecular complexity index is 1160. The van der Waals surface area contributed by atoms with Crippen LogP contribution in [0.25, 0.3) is 6.08 Å². The maximum atomic E-state index is 14.2. The average Bonchev–Trinajstić information content (AvgIpc) is 2.84. The highest BCUT2D eigenvalue weighted by atomic mass is 32.2. The molecule has 0 aliphatic heterocycles. The van der Waals surface area contributed by atoms with Crippen molar-refractivity contribution in [1.82, 2.24) is 5.32 Å². The van der Waals surface area contributed by atoms with Crippen molar-refractivity contribution >= 4 is 41.3 Å². The Morgan fingerprint density at radius 2 is 1.61 bits per heavy atom. The number of rotatable bonds is 8. The van der Waals surface area contributed by atoms with Gasteiger partial charge in [0.2, 0.25) is 0 Å². The Kier molecular flexibility index (Phi) is 8.37. The molecule has 0 aliphatic rings. The van der Waals surface area contributed by atoms with Crippen molar-refractivity contribution in [3.8, 4) is 0 Å². The summed E-state index contributed by atoms with van der Waals surface area (Å²) in [6.07, 6.45) is 1.28. The minimum atomic E-state index is -0.613. The molecule has 3 aromatic rings. The molecule has 0 spiro atoms. The molecule has 3 aromatic carbocycles. The van der Waals surface area contributed by atoms with Gasteiger partial charge in [-0.2, -0.15) is 0 Å². The Balaban J connectivity index is 1.78. The van der Waals surface area contributed by atoms with Crippen molar-refractivity contribution < 1.29 is 23.5 Å². The molecule has 168 valence electrons. The first-order valence-electron chi connectivity index (χ1n) is 9.90. The largest absolute Gasteiger partial charge is 0.468 e. The number of hydrogen-bond donors (Lipinski definition) is 2. The fourth-order valence-electron chi connectivity index (χ4n) is 2.72. The second kappa shape index (κ2) is 11.6. The lowest BCUT2D eigenvalue weighted by Crippen LogP contribution is -2.30. The number of amides is 2. The summed E-state index contributed by atoms with van der Waals surface area (Å²) in [5, 5.41) is 5.26. The van der Waals surface area contributed by atoms with Gasteiger partial charge >= 0.3 is 5.97 Å². The van der Waals surface area contributed by atoms with E-state index in [0.717, 1.165) is 4.90 Å². The van der Waals surface area contributed by atoms with E-state index >= 15 is 0 Å². The van der Waals surface area contributed by atoms with Crippen molar-refractivity contribution in [2.45, 2.75) is 4.90 Å². The molecule has 8 heteroatoms. The number of carbonyl (C=O) groups excluding carboxylic acids is 3. The molecule has 0 aliphatic carbocycles. The van der Waals surface area contributed by atoms with Gasteiger partial charge in [0.1, 0.15) is 11.5 Å². The van der Waals surface area contributed by atoms with Crippen LogP contribution in [-0.4, -0.2) is 30.6 Å². The molecule has 2 N–H and O–H groups in total. The summed E-state index contributed by atoms with van der Waals surface area (Å²) < 4.78 is 18.8. The molecule has 0 heterocycles. The van der Waals surface area contributed by atoms with Crippen LogP contribution in [0.1, 0.15) is 15.9 Å². The van der Waals surface area contributed by atoms with Gasteiger partial charge in [0, 0.05) is 21.7 Å². The van der Waals surface area contributed by atoms with Crippen molar-refractivity contribution in [3.63, 3.8) is 0 Å². The van der Waals surface area contributed by atoms with E-state index in [2.05, 4.69) is 15.4 Å². The smallest absolute Gasteiger partial charge is 0.315 e. The van der Waals surface area contributed by atoms with E-state index in [1.165, 1.54) is 43.1 Å². The summed E-state index contributed by atoms with van der Waals surface area (Å²) in [5.41, 5.74) is 0.871. The SMILES string of the molecule is COC(=O)CSc1ccc(NC(=O)/C(=C/c2ccccc2F)NC(=O)c2ccccc2)cc1. The highest BCUT2D eigenvalue weighted by Gasteiger charge is 2.16. The van der Waals surface area contributed by atoms with Crippen LogP contribution in [0, 0.1) is 5.82 Å². The molecule has 0 saturated heterocycles. The van der Waals surface area contributed by atoms with Crippen LogP contribution in [0.2, 0.25) is 0 Å². The van der Waals surface area contributed by atoms with E-state index < -0.39 is 17.6 Å². The summed E-state index contributed by atoms with van der Waals surface area (Å²) in [6.45, 7) is 0. The third-order valence-electron chi connectivity index (χ3n) is 4.43. The lowest BCUT2D eigenvalue weighted by Gasteiger charge is -2.12. The fraction of sp³-hybridized carbons (Fsp3) is 0.0800. The Labute approximate surface area is 194 Å². The van der Waals surface area contributed by atoms with Gasteiger partial charge < -0.3 is 15.4 Å².